The molecular formula is C65H43NO. The van der Waals surface area contributed by atoms with Crippen molar-refractivity contribution in [2.75, 3.05) is 4.90 Å². The number of nitrogens with zero attached hydrogens (tertiary/aromatic N) is 1. The van der Waals surface area contributed by atoms with E-state index in [0.29, 0.717) is 0 Å². The predicted molar refractivity (Wildman–Crippen MR) is 280 cm³/mol. The minimum atomic E-state index is -0.520. The van der Waals surface area contributed by atoms with Gasteiger partial charge in [0.2, 0.25) is 0 Å². The Morgan fingerprint density at radius 2 is 0.836 bits per heavy atom. The van der Waals surface area contributed by atoms with Crippen molar-refractivity contribution in [3.8, 4) is 44.5 Å². The van der Waals surface area contributed by atoms with Crippen LogP contribution in [0.2, 0.25) is 0 Å². The van der Waals surface area contributed by atoms with Gasteiger partial charge in [0.25, 0.3) is 0 Å². The van der Waals surface area contributed by atoms with Gasteiger partial charge < -0.3 is 9.32 Å². The summed E-state index contributed by atoms with van der Waals surface area (Å²) in [5, 5.41) is 4.77. The molecule has 0 radical (unpaired) electrons. The number of para-hydroxylation sites is 1. The lowest BCUT2D eigenvalue weighted by molar-refractivity contribution is 0.669. The van der Waals surface area contributed by atoms with Crippen LogP contribution < -0.4 is 4.90 Å². The number of rotatable bonds is 8. The number of hydrogen-bond acceptors (Lipinski definition) is 2. The third kappa shape index (κ3) is 6.26. The van der Waals surface area contributed by atoms with E-state index in [-0.39, 0.29) is 0 Å². The van der Waals surface area contributed by atoms with Crippen molar-refractivity contribution in [3.05, 3.63) is 283 Å². The number of benzene rings is 11. The molecule has 2 nitrogen and oxygen atoms in total. The van der Waals surface area contributed by atoms with E-state index in [0.717, 1.165) is 55.7 Å². The second-order valence-electron chi connectivity index (χ2n) is 17.6. The van der Waals surface area contributed by atoms with Gasteiger partial charge in [0, 0.05) is 27.7 Å². The topological polar surface area (TPSA) is 16.4 Å². The molecule has 0 unspecified atom stereocenters. The summed E-state index contributed by atoms with van der Waals surface area (Å²) in [5.41, 5.74) is 19.1. The number of furan rings is 1. The highest BCUT2D eigenvalue weighted by Gasteiger charge is 2.47. The Bertz CT molecular complexity index is 3750. The quantitative estimate of drug-likeness (QED) is 0.151. The van der Waals surface area contributed by atoms with Gasteiger partial charge >= 0.3 is 0 Å². The third-order valence-corrected chi connectivity index (χ3v) is 14.0. The largest absolute Gasteiger partial charge is 0.456 e. The lowest BCUT2D eigenvalue weighted by Crippen LogP contribution is -2.28. The molecule has 0 atom stereocenters. The molecule has 1 heterocycles. The van der Waals surface area contributed by atoms with Crippen molar-refractivity contribution in [2.45, 2.75) is 5.41 Å². The molecule has 67 heavy (non-hydrogen) atoms. The van der Waals surface area contributed by atoms with Crippen LogP contribution in [0, 0.1) is 0 Å². The van der Waals surface area contributed by atoms with Crippen molar-refractivity contribution < 1.29 is 4.42 Å². The maximum absolute atomic E-state index is 6.32. The molecule has 0 spiro atoms. The van der Waals surface area contributed by atoms with Crippen molar-refractivity contribution >= 4 is 49.8 Å². The normalized spacial score (nSPS) is 12.6. The summed E-state index contributed by atoms with van der Waals surface area (Å²) < 4.78 is 6.32. The first-order valence-corrected chi connectivity index (χ1v) is 23.1. The molecule has 11 aromatic carbocycles. The fourth-order valence-corrected chi connectivity index (χ4v) is 10.9. The first-order valence-electron chi connectivity index (χ1n) is 23.1. The zero-order valence-corrected chi connectivity index (χ0v) is 36.7. The van der Waals surface area contributed by atoms with E-state index in [9.17, 15) is 0 Å². The molecule has 0 aliphatic heterocycles. The van der Waals surface area contributed by atoms with E-state index in [2.05, 4.69) is 254 Å². The van der Waals surface area contributed by atoms with Crippen LogP contribution in [-0.2, 0) is 5.41 Å². The summed E-state index contributed by atoms with van der Waals surface area (Å²) in [6, 6.07) is 95.1. The third-order valence-electron chi connectivity index (χ3n) is 14.0. The average Bonchev–Trinajstić information content (AvgIpc) is 3.93. The molecule has 314 valence electrons. The second-order valence-corrected chi connectivity index (χ2v) is 17.6. The Kier molecular flexibility index (Phi) is 9.11. The Labute approximate surface area is 390 Å². The van der Waals surface area contributed by atoms with Crippen LogP contribution in [0.3, 0.4) is 0 Å². The van der Waals surface area contributed by atoms with E-state index >= 15 is 0 Å². The molecular weight excluding hydrogens is 811 g/mol. The molecule has 1 aliphatic carbocycles. The van der Waals surface area contributed by atoms with Crippen molar-refractivity contribution in [1.29, 1.82) is 0 Å². The Morgan fingerprint density at radius 1 is 0.313 bits per heavy atom. The zero-order chi connectivity index (χ0) is 44.3. The molecule has 0 saturated heterocycles. The predicted octanol–water partition coefficient (Wildman–Crippen LogP) is 17.6. The van der Waals surface area contributed by atoms with Crippen molar-refractivity contribution in [2.24, 2.45) is 0 Å². The maximum Gasteiger partial charge on any atom is 0.136 e. The van der Waals surface area contributed by atoms with E-state index in [4.69, 9.17) is 4.42 Å². The molecule has 0 amide bonds. The first-order chi connectivity index (χ1) is 33.2. The van der Waals surface area contributed by atoms with Crippen LogP contribution in [0.5, 0.6) is 0 Å². The van der Waals surface area contributed by atoms with Gasteiger partial charge in [-0.05, 0) is 127 Å². The van der Waals surface area contributed by atoms with Crippen molar-refractivity contribution in [3.63, 3.8) is 0 Å². The van der Waals surface area contributed by atoms with E-state index in [1.54, 1.807) is 0 Å². The molecule has 12 aromatic rings. The van der Waals surface area contributed by atoms with Crippen LogP contribution in [0.4, 0.5) is 17.1 Å². The minimum absolute atomic E-state index is 0.520. The first kappa shape index (κ1) is 38.7. The fourth-order valence-electron chi connectivity index (χ4n) is 10.9. The monoisotopic (exact) mass is 853 g/mol. The van der Waals surface area contributed by atoms with Crippen LogP contribution >= 0.6 is 0 Å². The smallest absolute Gasteiger partial charge is 0.136 e. The lowest BCUT2D eigenvalue weighted by Gasteiger charge is -2.34. The van der Waals surface area contributed by atoms with E-state index in [1.807, 2.05) is 12.1 Å². The zero-order valence-electron chi connectivity index (χ0n) is 36.7. The summed E-state index contributed by atoms with van der Waals surface area (Å²) in [4.78, 5) is 2.45. The molecule has 0 saturated carbocycles. The average molecular weight is 854 g/mol. The molecule has 1 aromatic heterocycles. The molecule has 0 bridgehead atoms. The van der Waals surface area contributed by atoms with Gasteiger partial charge in [0.1, 0.15) is 11.2 Å². The van der Waals surface area contributed by atoms with Gasteiger partial charge in [-0.2, -0.15) is 0 Å². The summed E-state index contributed by atoms with van der Waals surface area (Å²) in [5.74, 6) is 0. The number of anilines is 3. The van der Waals surface area contributed by atoms with Crippen LogP contribution in [0.25, 0.3) is 77.2 Å². The Morgan fingerprint density at radius 3 is 1.58 bits per heavy atom. The summed E-state index contributed by atoms with van der Waals surface area (Å²) in [6.07, 6.45) is 0. The highest BCUT2D eigenvalue weighted by Crippen LogP contribution is 2.59. The standard InChI is InChI=1S/C65H43NO/c1-3-20-50(21-4-1)65(51-22-5-2-6-23-51)59-28-11-9-26-58(59)64-60(65)29-15-30-61(64)66(53-39-34-45(35-40-53)48-36-41-57-56-25-10-12-31-62(56)67-63(57)43-48)52-37-32-44(33-38-52)47-18-13-19-49(42-47)55-27-14-17-46-16-7-8-24-54(46)55/h1-43H. The van der Waals surface area contributed by atoms with Crippen LogP contribution in [0.1, 0.15) is 22.3 Å². The van der Waals surface area contributed by atoms with E-state index < -0.39 is 5.41 Å². The van der Waals surface area contributed by atoms with Crippen molar-refractivity contribution in [1.82, 2.24) is 0 Å². The highest BCUT2D eigenvalue weighted by atomic mass is 16.3. The molecule has 13 rings (SSSR count). The Balaban J connectivity index is 0.972. The van der Waals surface area contributed by atoms with Gasteiger partial charge in [0.05, 0.1) is 11.1 Å². The number of hydrogen-bond donors (Lipinski definition) is 0. The van der Waals surface area contributed by atoms with Gasteiger partial charge in [-0.3, -0.25) is 0 Å². The SMILES string of the molecule is c1ccc(C2(c3ccccc3)c3ccccc3-c3c(N(c4ccc(-c5cccc(-c6cccc7ccccc67)c5)cc4)c4ccc(-c5ccc6c(c5)oc5ccccc56)cc4)cccc32)cc1. The van der Waals surface area contributed by atoms with E-state index in [1.165, 1.54) is 60.8 Å². The Hall–Kier alpha value is -8.72. The molecule has 1 aliphatic rings. The fraction of sp³-hybridized carbons (Fsp3) is 0.0154. The minimum Gasteiger partial charge on any atom is -0.456 e. The molecule has 2 heteroatoms. The molecule has 0 N–H and O–H groups in total. The number of fused-ring (bicyclic) bond motifs is 7. The second kappa shape index (κ2) is 15.8. The van der Waals surface area contributed by atoms with Crippen LogP contribution in [0.15, 0.2) is 265 Å². The summed E-state index contributed by atoms with van der Waals surface area (Å²) in [6.45, 7) is 0. The van der Waals surface area contributed by atoms with Gasteiger partial charge in [-0.1, -0.05) is 206 Å². The molecule has 0 fully saturated rings. The van der Waals surface area contributed by atoms with Gasteiger partial charge in [-0.25, -0.2) is 0 Å². The summed E-state index contributed by atoms with van der Waals surface area (Å²) >= 11 is 0. The van der Waals surface area contributed by atoms with Gasteiger partial charge in [-0.15, -0.1) is 0 Å². The summed E-state index contributed by atoms with van der Waals surface area (Å²) in [7, 11) is 0. The highest BCUT2D eigenvalue weighted by molar-refractivity contribution is 6.06. The van der Waals surface area contributed by atoms with Gasteiger partial charge in [0.15, 0.2) is 0 Å². The van der Waals surface area contributed by atoms with Crippen LogP contribution in [-0.4, -0.2) is 0 Å². The maximum atomic E-state index is 6.32. The lowest BCUT2D eigenvalue weighted by atomic mass is 9.68.